The van der Waals surface area contributed by atoms with Gasteiger partial charge in [-0.05, 0) is 42.5 Å². The summed E-state index contributed by atoms with van der Waals surface area (Å²) in [7, 11) is 0. The van der Waals surface area contributed by atoms with Gasteiger partial charge in [-0.15, -0.1) is 0 Å². The highest BCUT2D eigenvalue weighted by molar-refractivity contribution is 5.58. The Hall–Kier alpha value is -3.13. The van der Waals surface area contributed by atoms with E-state index in [1.165, 1.54) is 0 Å². The number of hydrogen-bond donors (Lipinski definition) is 0. The number of aromatic nitrogens is 3. The maximum absolute atomic E-state index is 8.76. The molecule has 1 aromatic carbocycles. The first kappa shape index (κ1) is 13.8. The smallest absolute Gasteiger partial charge is 0.119 e. The van der Waals surface area contributed by atoms with Gasteiger partial charge in [0.2, 0.25) is 0 Å². The van der Waals surface area contributed by atoms with Crippen LogP contribution in [-0.4, -0.2) is 21.4 Å². The summed E-state index contributed by atoms with van der Waals surface area (Å²) in [5, 5.41) is 13.1. The molecule has 0 aliphatic rings. The van der Waals surface area contributed by atoms with E-state index in [2.05, 4.69) is 16.2 Å². The number of ether oxygens (including phenoxy) is 1. The van der Waals surface area contributed by atoms with Crippen LogP contribution in [0, 0.1) is 11.3 Å². The van der Waals surface area contributed by atoms with Crippen molar-refractivity contribution >= 4 is 0 Å². The molecule has 0 radical (unpaired) electrons. The molecule has 0 aliphatic heterocycles. The third-order valence-corrected chi connectivity index (χ3v) is 3.25. The van der Waals surface area contributed by atoms with Crippen molar-refractivity contribution in [1.82, 2.24) is 14.8 Å². The van der Waals surface area contributed by atoms with Gasteiger partial charge in [-0.25, -0.2) is 0 Å². The number of pyridine rings is 1. The van der Waals surface area contributed by atoms with Gasteiger partial charge in [0.05, 0.1) is 23.9 Å². The molecule has 0 amide bonds. The second kappa shape index (κ2) is 6.55. The predicted molar refractivity (Wildman–Crippen MR) is 82.1 cm³/mol. The van der Waals surface area contributed by atoms with Crippen LogP contribution in [0.4, 0.5) is 0 Å². The average molecular weight is 290 g/mol. The third-order valence-electron chi connectivity index (χ3n) is 3.25. The summed E-state index contributed by atoms with van der Waals surface area (Å²) < 4.78 is 7.59. The molecule has 0 unspecified atom stereocenters. The van der Waals surface area contributed by atoms with E-state index in [1.807, 2.05) is 22.9 Å². The minimum absolute atomic E-state index is 0.506. The van der Waals surface area contributed by atoms with Crippen LogP contribution in [0.5, 0.6) is 5.75 Å². The first-order valence-electron chi connectivity index (χ1n) is 6.92. The molecule has 2 heterocycles. The monoisotopic (exact) mass is 290 g/mol. The Bertz CT molecular complexity index is 772. The normalized spacial score (nSPS) is 10.1. The number of benzene rings is 1. The zero-order valence-corrected chi connectivity index (χ0v) is 11.9. The second-order valence-electron chi connectivity index (χ2n) is 4.66. The average Bonchev–Trinajstić information content (AvgIpc) is 3.05. The Labute approximate surface area is 128 Å². The van der Waals surface area contributed by atoms with Crippen LogP contribution in [0.1, 0.15) is 5.56 Å². The van der Waals surface area contributed by atoms with E-state index < -0.39 is 0 Å². The summed E-state index contributed by atoms with van der Waals surface area (Å²) in [6, 6.07) is 15.0. The molecule has 5 heteroatoms. The first-order valence-corrected chi connectivity index (χ1v) is 6.92. The summed E-state index contributed by atoms with van der Waals surface area (Å²) in [6.07, 6.45) is 5.30. The second-order valence-corrected chi connectivity index (χ2v) is 4.66. The van der Waals surface area contributed by atoms with E-state index in [9.17, 15) is 0 Å². The van der Waals surface area contributed by atoms with Gasteiger partial charge in [0.25, 0.3) is 0 Å². The lowest BCUT2D eigenvalue weighted by atomic mass is 10.2. The van der Waals surface area contributed by atoms with Gasteiger partial charge in [-0.3, -0.25) is 9.67 Å². The molecule has 0 atom stereocenters. The van der Waals surface area contributed by atoms with E-state index in [0.29, 0.717) is 18.7 Å². The van der Waals surface area contributed by atoms with Gasteiger partial charge < -0.3 is 4.74 Å². The lowest BCUT2D eigenvalue weighted by Crippen LogP contribution is -2.10. The summed E-state index contributed by atoms with van der Waals surface area (Å²) >= 11 is 0. The molecule has 0 saturated heterocycles. The highest BCUT2D eigenvalue weighted by Gasteiger charge is 2.05. The van der Waals surface area contributed by atoms with Gasteiger partial charge >= 0.3 is 0 Å². The molecule has 0 spiro atoms. The molecule has 3 aromatic rings. The van der Waals surface area contributed by atoms with Gasteiger partial charge in [0, 0.05) is 24.2 Å². The largest absolute Gasteiger partial charge is 0.492 e. The summed E-state index contributed by atoms with van der Waals surface area (Å²) in [5.74, 6) is 0.747. The van der Waals surface area contributed by atoms with Crippen molar-refractivity contribution in [3.05, 3.63) is 66.6 Å². The number of nitriles is 1. The van der Waals surface area contributed by atoms with Crippen LogP contribution in [0.15, 0.2) is 61.1 Å². The van der Waals surface area contributed by atoms with Crippen LogP contribution in [0.25, 0.3) is 11.3 Å². The van der Waals surface area contributed by atoms with E-state index in [4.69, 9.17) is 10.00 Å². The quantitative estimate of drug-likeness (QED) is 0.724. The maximum Gasteiger partial charge on any atom is 0.119 e. The van der Waals surface area contributed by atoms with Crippen LogP contribution in [-0.2, 0) is 6.54 Å². The van der Waals surface area contributed by atoms with Crippen molar-refractivity contribution in [2.24, 2.45) is 0 Å². The number of nitrogens with zero attached hydrogens (tertiary/aromatic N) is 4. The van der Waals surface area contributed by atoms with Crippen molar-refractivity contribution in [2.45, 2.75) is 6.54 Å². The fourth-order valence-corrected chi connectivity index (χ4v) is 2.15. The number of rotatable bonds is 5. The molecule has 3 rings (SSSR count). The Morgan fingerprint density at radius 3 is 2.50 bits per heavy atom. The van der Waals surface area contributed by atoms with E-state index in [0.717, 1.165) is 17.0 Å². The zero-order valence-electron chi connectivity index (χ0n) is 11.9. The van der Waals surface area contributed by atoms with E-state index in [-0.39, 0.29) is 0 Å². The van der Waals surface area contributed by atoms with Crippen molar-refractivity contribution in [3.63, 3.8) is 0 Å². The molecule has 2 aromatic heterocycles. The van der Waals surface area contributed by atoms with Crippen molar-refractivity contribution in [1.29, 1.82) is 5.26 Å². The van der Waals surface area contributed by atoms with Crippen molar-refractivity contribution in [2.75, 3.05) is 6.61 Å². The standard InChI is InChI=1S/C17H14N4O/c18-13-14-1-3-16(4-2-14)22-12-11-21-17(7-10-20-21)15-5-8-19-9-6-15/h1-10H,11-12H2. The Balaban J connectivity index is 1.63. The van der Waals surface area contributed by atoms with E-state index >= 15 is 0 Å². The van der Waals surface area contributed by atoms with Gasteiger partial charge in [-0.1, -0.05) is 0 Å². The SMILES string of the molecule is N#Cc1ccc(OCCn2nccc2-c2ccncc2)cc1. The Kier molecular flexibility index (Phi) is 4.12. The van der Waals surface area contributed by atoms with E-state index in [1.54, 1.807) is 42.9 Å². The Morgan fingerprint density at radius 2 is 1.77 bits per heavy atom. The summed E-state index contributed by atoms with van der Waals surface area (Å²) in [4.78, 5) is 4.02. The lowest BCUT2D eigenvalue weighted by molar-refractivity contribution is 0.292. The van der Waals surface area contributed by atoms with Crippen LogP contribution >= 0.6 is 0 Å². The van der Waals surface area contributed by atoms with Crippen molar-refractivity contribution in [3.8, 4) is 23.1 Å². The summed E-state index contributed by atoms with van der Waals surface area (Å²) in [6.45, 7) is 1.15. The molecule has 5 nitrogen and oxygen atoms in total. The molecule has 0 saturated carbocycles. The molecule has 0 N–H and O–H groups in total. The fraction of sp³-hybridized carbons (Fsp3) is 0.118. The van der Waals surface area contributed by atoms with Gasteiger partial charge in [-0.2, -0.15) is 10.4 Å². The lowest BCUT2D eigenvalue weighted by Gasteiger charge is -2.09. The molecule has 108 valence electrons. The topological polar surface area (TPSA) is 63.7 Å². The Morgan fingerprint density at radius 1 is 1.00 bits per heavy atom. The molecule has 0 aliphatic carbocycles. The summed E-state index contributed by atoms with van der Waals surface area (Å²) in [5.41, 5.74) is 2.73. The number of hydrogen-bond acceptors (Lipinski definition) is 4. The third kappa shape index (κ3) is 3.13. The van der Waals surface area contributed by atoms with Crippen molar-refractivity contribution < 1.29 is 4.74 Å². The van der Waals surface area contributed by atoms with Gasteiger partial charge in [0.15, 0.2) is 0 Å². The van der Waals surface area contributed by atoms with Crippen LogP contribution < -0.4 is 4.74 Å². The highest BCUT2D eigenvalue weighted by atomic mass is 16.5. The minimum Gasteiger partial charge on any atom is -0.492 e. The highest BCUT2D eigenvalue weighted by Crippen LogP contribution is 2.17. The van der Waals surface area contributed by atoms with Crippen LogP contribution in [0.2, 0.25) is 0 Å². The maximum atomic E-state index is 8.76. The molecule has 22 heavy (non-hydrogen) atoms. The minimum atomic E-state index is 0.506. The molecular formula is C17H14N4O. The first-order chi connectivity index (χ1) is 10.9. The molecule has 0 bridgehead atoms. The van der Waals surface area contributed by atoms with Gasteiger partial charge in [0.1, 0.15) is 12.4 Å². The zero-order chi connectivity index (χ0) is 15.2. The molecule has 0 fully saturated rings. The van der Waals surface area contributed by atoms with Crippen LogP contribution in [0.3, 0.4) is 0 Å². The fourth-order valence-electron chi connectivity index (χ4n) is 2.15. The molecular weight excluding hydrogens is 276 g/mol. The predicted octanol–water partition coefficient (Wildman–Crippen LogP) is 2.90.